The Labute approximate surface area is 139 Å². The lowest BCUT2D eigenvalue weighted by Crippen LogP contribution is -2.42. The number of furan rings is 1. The fourth-order valence-electron chi connectivity index (χ4n) is 3.58. The molecule has 3 atom stereocenters. The third-order valence-corrected chi connectivity index (χ3v) is 7.05. The molecule has 0 radical (unpaired) electrons. The SMILES string of the molecule is CCc1ccc([C@@H]2C[C@H](C)CCN2S(=O)(=O)C[C@@H]2CCOC2)o1. The smallest absolute Gasteiger partial charge is 0.215 e. The summed E-state index contributed by atoms with van der Waals surface area (Å²) in [5.74, 6) is 2.54. The molecule has 0 unspecified atom stereocenters. The molecule has 5 nitrogen and oxygen atoms in total. The normalized spacial score (nSPS) is 29.9. The molecule has 2 aliphatic rings. The summed E-state index contributed by atoms with van der Waals surface area (Å²) in [5, 5.41) is 0. The standard InChI is InChI=1S/C17H27NO4S/c1-3-15-4-5-17(22-15)16-10-13(2)6-8-18(16)23(19,20)12-14-7-9-21-11-14/h4-5,13-14,16H,3,6-12H2,1-2H3/t13-,14-,16+/m1/s1. The topological polar surface area (TPSA) is 59.8 Å². The van der Waals surface area contributed by atoms with Crippen LogP contribution in [0.1, 0.15) is 50.7 Å². The Morgan fingerprint density at radius 1 is 1.30 bits per heavy atom. The average Bonchev–Trinajstić information content (AvgIpc) is 3.17. The molecule has 2 fully saturated rings. The highest BCUT2D eigenvalue weighted by molar-refractivity contribution is 7.89. The number of nitrogens with zero attached hydrogens (tertiary/aromatic N) is 1. The van der Waals surface area contributed by atoms with Crippen molar-refractivity contribution in [3.8, 4) is 0 Å². The first-order valence-electron chi connectivity index (χ1n) is 8.65. The van der Waals surface area contributed by atoms with E-state index < -0.39 is 10.0 Å². The first kappa shape index (κ1) is 17.0. The van der Waals surface area contributed by atoms with Crippen molar-refractivity contribution in [3.63, 3.8) is 0 Å². The number of hydrogen-bond acceptors (Lipinski definition) is 4. The maximum Gasteiger partial charge on any atom is 0.215 e. The molecular weight excluding hydrogens is 314 g/mol. The van der Waals surface area contributed by atoms with Crippen LogP contribution in [0.25, 0.3) is 0 Å². The summed E-state index contributed by atoms with van der Waals surface area (Å²) >= 11 is 0. The molecule has 1 aromatic rings. The third kappa shape index (κ3) is 3.80. The second kappa shape index (κ2) is 6.95. The molecule has 0 N–H and O–H groups in total. The lowest BCUT2D eigenvalue weighted by atomic mass is 9.93. The fraction of sp³-hybridized carbons (Fsp3) is 0.765. The van der Waals surface area contributed by atoms with Gasteiger partial charge in [-0.15, -0.1) is 0 Å². The average molecular weight is 341 g/mol. The van der Waals surface area contributed by atoms with Crippen molar-refractivity contribution < 1.29 is 17.6 Å². The van der Waals surface area contributed by atoms with E-state index in [4.69, 9.17) is 9.15 Å². The maximum absolute atomic E-state index is 12.9. The van der Waals surface area contributed by atoms with Crippen LogP contribution in [0.4, 0.5) is 0 Å². The van der Waals surface area contributed by atoms with Crippen LogP contribution in [0, 0.1) is 11.8 Å². The Bertz CT molecular complexity index is 618. The molecule has 0 aliphatic carbocycles. The first-order valence-corrected chi connectivity index (χ1v) is 10.3. The van der Waals surface area contributed by atoms with Crippen LogP contribution in [-0.2, 0) is 21.2 Å². The predicted molar refractivity (Wildman–Crippen MR) is 88.6 cm³/mol. The van der Waals surface area contributed by atoms with Crippen LogP contribution in [0.15, 0.2) is 16.5 Å². The van der Waals surface area contributed by atoms with Crippen LogP contribution in [-0.4, -0.2) is 38.2 Å². The van der Waals surface area contributed by atoms with Gasteiger partial charge < -0.3 is 9.15 Å². The van der Waals surface area contributed by atoms with E-state index in [0.717, 1.165) is 37.2 Å². The molecule has 23 heavy (non-hydrogen) atoms. The maximum atomic E-state index is 12.9. The highest BCUT2D eigenvalue weighted by Crippen LogP contribution is 2.37. The largest absolute Gasteiger partial charge is 0.464 e. The van der Waals surface area contributed by atoms with E-state index >= 15 is 0 Å². The molecule has 130 valence electrons. The zero-order valence-corrected chi connectivity index (χ0v) is 14.8. The Balaban J connectivity index is 1.81. The summed E-state index contributed by atoms with van der Waals surface area (Å²) in [6.45, 7) is 6.06. The molecule has 0 aromatic carbocycles. The van der Waals surface area contributed by atoms with E-state index in [-0.39, 0.29) is 17.7 Å². The van der Waals surface area contributed by atoms with Crippen molar-refractivity contribution >= 4 is 10.0 Å². The van der Waals surface area contributed by atoms with Crippen molar-refractivity contribution in [1.29, 1.82) is 0 Å². The van der Waals surface area contributed by atoms with Crippen molar-refractivity contribution in [2.75, 3.05) is 25.5 Å². The molecule has 1 aromatic heterocycles. The highest BCUT2D eigenvalue weighted by Gasteiger charge is 2.38. The van der Waals surface area contributed by atoms with Gasteiger partial charge in [0.15, 0.2) is 0 Å². The number of aryl methyl sites for hydroxylation is 1. The van der Waals surface area contributed by atoms with E-state index in [9.17, 15) is 8.42 Å². The monoisotopic (exact) mass is 341 g/mol. The van der Waals surface area contributed by atoms with Gasteiger partial charge in [0, 0.05) is 19.6 Å². The van der Waals surface area contributed by atoms with Gasteiger partial charge in [-0.1, -0.05) is 13.8 Å². The third-order valence-electron chi connectivity index (χ3n) is 5.00. The fourth-order valence-corrected chi connectivity index (χ4v) is 5.59. The number of rotatable bonds is 5. The summed E-state index contributed by atoms with van der Waals surface area (Å²) in [5.41, 5.74) is 0. The van der Waals surface area contributed by atoms with Gasteiger partial charge in [-0.3, -0.25) is 0 Å². The molecule has 6 heteroatoms. The number of ether oxygens (including phenoxy) is 1. The Morgan fingerprint density at radius 3 is 2.78 bits per heavy atom. The summed E-state index contributed by atoms with van der Waals surface area (Å²) in [7, 11) is -3.29. The van der Waals surface area contributed by atoms with Crippen molar-refractivity contribution in [1.82, 2.24) is 4.31 Å². The van der Waals surface area contributed by atoms with Gasteiger partial charge in [0.05, 0.1) is 18.4 Å². The second-order valence-corrected chi connectivity index (χ2v) is 8.89. The zero-order chi connectivity index (χ0) is 16.4. The molecule has 0 amide bonds. The molecule has 2 saturated heterocycles. The van der Waals surface area contributed by atoms with Crippen LogP contribution in [0.3, 0.4) is 0 Å². The van der Waals surface area contributed by atoms with Crippen molar-refractivity contribution in [2.24, 2.45) is 11.8 Å². The van der Waals surface area contributed by atoms with Gasteiger partial charge in [0.2, 0.25) is 10.0 Å². The molecule has 0 saturated carbocycles. The number of hydrogen-bond donors (Lipinski definition) is 0. The van der Waals surface area contributed by atoms with E-state index in [0.29, 0.717) is 25.7 Å². The minimum absolute atomic E-state index is 0.128. The summed E-state index contributed by atoms with van der Waals surface area (Å²) in [4.78, 5) is 0. The Morgan fingerprint density at radius 2 is 2.13 bits per heavy atom. The van der Waals surface area contributed by atoms with Gasteiger partial charge in [0.1, 0.15) is 11.5 Å². The molecule has 3 heterocycles. The van der Waals surface area contributed by atoms with E-state index in [1.54, 1.807) is 4.31 Å². The van der Waals surface area contributed by atoms with Crippen molar-refractivity contribution in [3.05, 3.63) is 23.7 Å². The van der Waals surface area contributed by atoms with Gasteiger partial charge >= 0.3 is 0 Å². The van der Waals surface area contributed by atoms with Gasteiger partial charge in [0.25, 0.3) is 0 Å². The van der Waals surface area contributed by atoms with Crippen LogP contribution < -0.4 is 0 Å². The Kier molecular flexibility index (Phi) is 5.13. The highest BCUT2D eigenvalue weighted by atomic mass is 32.2. The predicted octanol–water partition coefficient (Wildman–Crippen LogP) is 2.98. The first-order chi connectivity index (χ1) is 11.0. The molecular formula is C17H27NO4S. The van der Waals surface area contributed by atoms with E-state index in [1.165, 1.54) is 0 Å². The molecule has 3 rings (SSSR count). The summed E-state index contributed by atoms with van der Waals surface area (Å²) in [6.07, 6.45) is 3.42. The van der Waals surface area contributed by atoms with Gasteiger partial charge in [-0.05, 0) is 43.2 Å². The minimum Gasteiger partial charge on any atom is -0.464 e. The van der Waals surface area contributed by atoms with Crippen molar-refractivity contribution in [2.45, 2.75) is 45.6 Å². The van der Waals surface area contributed by atoms with Crippen LogP contribution >= 0.6 is 0 Å². The van der Waals surface area contributed by atoms with E-state index in [2.05, 4.69) is 6.92 Å². The lowest BCUT2D eigenvalue weighted by molar-refractivity contribution is 0.179. The second-order valence-electron chi connectivity index (χ2n) is 6.92. The molecule has 0 bridgehead atoms. The van der Waals surface area contributed by atoms with E-state index in [1.807, 2.05) is 19.1 Å². The van der Waals surface area contributed by atoms with Gasteiger partial charge in [-0.25, -0.2) is 8.42 Å². The minimum atomic E-state index is -3.29. The molecule has 0 spiro atoms. The number of sulfonamides is 1. The van der Waals surface area contributed by atoms with Crippen LogP contribution in [0.2, 0.25) is 0 Å². The Hall–Kier alpha value is -0.850. The number of piperidine rings is 1. The van der Waals surface area contributed by atoms with Gasteiger partial charge in [-0.2, -0.15) is 4.31 Å². The summed E-state index contributed by atoms with van der Waals surface area (Å²) < 4.78 is 38.8. The molecule has 2 aliphatic heterocycles. The lowest BCUT2D eigenvalue weighted by Gasteiger charge is -2.36. The quantitative estimate of drug-likeness (QED) is 0.826. The zero-order valence-electron chi connectivity index (χ0n) is 14.0. The summed E-state index contributed by atoms with van der Waals surface area (Å²) in [6, 6.07) is 3.75. The van der Waals surface area contributed by atoms with Crippen LogP contribution in [0.5, 0.6) is 0 Å².